The Labute approximate surface area is 133 Å². The zero-order valence-corrected chi connectivity index (χ0v) is 14.2. The molecule has 22 heavy (non-hydrogen) atoms. The third-order valence-electron chi connectivity index (χ3n) is 3.70. The highest BCUT2D eigenvalue weighted by atomic mass is 16.1. The second-order valence-corrected chi connectivity index (χ2v) is 7.05. The van der Waals surface area contributed by atoms with E-state index in [0.29, 0.717) is 12.2 Å². The molecule has 1 heterocycles. The molecule has 3 nitrogen and oxygen atoms in total. The Morgan fingerprint density at radius 3 is 2.64 bits per heavy atom. The summed E-state index contributed by atoms with van der Waals surface area (Å²) in [6, 6.07) is 8.39. The molecule has 1 aromatic heterocycles. The predicted octanol–water partition coefficient (Wildman–Crippen LogP) is 4.60. The number of ketones is 1. The van der Waals surface area contributed by atoms with Crippen molar-refractivity contribution in [3.8, 4) is 0 Å². The van der Waals surface area contributed by atoms with E-state index in [2.05, 4.69) is 55.3 Å². The van der Waals surface area contributed by atoms with Gasteiger partial charge >= 0.3 is 0 Å². The minimum absolute atomic E-state index is 0.0313. The van der Waals surface area contributed by atoms with Crippen LogP contribution in [0.25, 0.3) is 10.9 Å². The van der Waals surface area contributed by atoms with E-state index in [1.807, 2.05) is 20.0 Å². The van der Waals surface area contributed by atoms with Gasteiger partial charge in [0.1, 0.15) is 5.78 Å². The van der Waals surface area contributed by atoms with Crippen LogP contribution in [0.2, 0.25) is 0 Å². The second kappa shape index (κ2) is 6.47. The number of carbonyl (C=O) groups is 1. The lowest BCUT2D eigenvalue weighted by atomic mass is 9.96. The Morgan fingerprint density at radius 2 is 2.00 bits per heavy atom. The summed E-state index contributed by atoms with van der Waals surface area (Å²) in [6.45, 7) is 10.3. The van der Waals surface area contributed by atoms with Crippen LogP contribution in [0.4, 0.5) is 5.69 Å². The number of benzene rings is 1. The molecule has 1 N–H and O–H groups in total. The van der Waals surface area contributed by atoms with Gasteiger partial charge in [-0.05, 0) is 51.0 Å². The van der Waals surface area contributed by atoms with Gasteiger partial charge in [-0.3, -0.25) is 9.78 Å². The monoisotopic (exact) mass is 298 g/mol. The van der Waals surface area contributed by atoms with Crippen molar-refractivity contribution in [2.75, 3.05) is 5.32 Å². The van der Waals surface area contributed by atoms with Crippen LogP contribution in [-0.2, 0) is 11.2 Å². The van der Waals surface area contributed by atoms with Gasteiger partial charge in [0, 0.05) is 35.1 Å². The van der Waals surface area contributed by atoms with Gasteiger partial charge in [0.05, 0.1) is 5.52 Å². The van der Waals surface area contributed by atoms with Gasteiger partial charge in [-0.1, -0.05) is 19.9 Å². The van der Waals surface area contributed by atoms with Crippen LogP contribution in [-0.4, -0.2) is 16.3 Å². The molecule has 3 heteroatoms. The van der Waals surface area contributed by atoms with E-state index >= 15 is 0 Å². The first-order chi connectivity index (χ1) is 10.3. The lowest BCUT2D eigenvalue weighted by Gasteiger charge is -2.22. The van der Waals surface area contributed by atoms with Crippen LogP contribution < -0.4 is 5.32 Å². The molecule has 0 amide bonds. The molecule has 0 spiro atoms. The number of aromatic nitrogens is 1. The molecule has 2 rings (SSSR count). The van der Waals surface area contributed by atoms with E-state index in [-0.39, 0.29) is 11.5 Å². The number of anilines is 1. The number of carbonyl (C=O) groups excluding carboxylic acids is 1. The fourth-order valence-corrected chi connectivity index (χ4v) is 2.61. The minimum Gasteiger partial charge on any atom is -0.380 e. The number of hydrogen-bond acceptors (Lipinski definition) is 3. The standard InChI is InChI=1S/C19H26N2O/c1-6-18(22)13(2)9-14-10-15-7-8-16(21-19(3,4)5)11-17(15)20-12-14/h7-8,10-13,21H,6,9H2,1-5H3. The molecule has 0 radical (unpaired) electrons. The predicted molar refractivity (Wildman–Crippen MR) is 93.3 cm³/mol. The fraction of sp³-hybridized carbons (Fsp3) is 0.474. The Bertz CT molecular complexity index is 671. The van der Waals surface area contributed by atoms with E-state index in [4.69, 9.17) is 0 Å². The van der Waals surface area contributed by atoms with Crippen molar-refractivity contribution < 1.29 is 4.79 Å². The summed E-state index contributed by atoms with van der Waals surface area (Å²) in [4.78, 5) is 16.3. The number of fused-ring (bicyclic) bond motifs is 1. The first-order valence-electron chi connectivity index (χ1n) is 7.98. The van der Waals surface area contributed by atoms with Crippen LogP contribution in [0.3, 0.4) is 0 Å². The molecule has 0 saturated carbocycles. The zero-order chi connectivity index (χ0) is 16.3. The van der Waals surface area contributed by atoms with Crippen molar-refractivity contribution >= 4 is 22.4 Å². The van der Waals surface area contributed by atoms with Crippen molar-refractivity contribution in [2.45, 2.75) is 53.0 Å². The largest absolute Gasteiger partial charge is 0.380 e. The molecular weight excluding hydrogens is 272 g/mol. The lowest BCUT2D eigenvalue weighted by Crippen LogP contribution is -2.25. The zero-order valence-electron chi connectivity index (χ0n) is 14.2. The van der Waals surface area contributed by atoms with Gasteiger partial charge in [0.2, 0.25) is 0 Å². The molecule has 0 aliphatic carbocycles. The number of nitrogens with one attached hydrogen (secondary N) is 1. The summed E-state index contributed by atoms with van der Waals surface area (Å²) >= 11 is 0. The smallest absolute Gasteiger partial charge is 0.135 e. The van der Waals surface area contributed by atoms with Crippen molar-refractivity contribution in [3.05, 3.63) is 36.0 Å². The van der Waals surface area contributed by atoms with Crippen LogP contribution in [0.1, 0.15) is 46.6 Å². The van der Waals surface area contributed by atoms with Crippen molar-refractivity contribution in [1.82, 2.24) is 4.98 Å². The average Bonchev–Trinajstić information content (AvgIpc) is 2.44. The topological polar surface area (TPSA) is 42.0 Å². The molecule has 0 fully saturated rings. The van der Waals surface area contributed by atoms with Gasteiger partial charge in [0.15, 0.2) is 0 Å². The Hall–Kier alpha value is -1.90. The van der Waals surface area contributed by atoms with Gasteiger partial charge in [-0.15, -0.1) is 0 Å². The first-order valence-corrected chi connectivity index (χ1v) is 7.98. The van der Waals surface area contributed by atoms with Gasteiger partial charge in [-0.25, -0.2) is 0 Å². The highest BCUT2D eigenvalue weighted by Crippen LogP contribution is 2.22. The van der Waals surface area contributed by atoms with E-state index in [1.165, 1.54) is 0 Å². The maximum absolute atomic E-state index is 11.7. The fourth-order valence-electron chi connectivity index (χ4n) is 2.61. The van der Waals surface area contributed by atoms with Gasteiger partial charge < -0.3 is 5.32 Å². The molecule has 2 aromatic rings. The summed E-state index contributed by atoms with van der Waals surface area (Å²) in [5.41, 5.74) is 3.21. The Kier molecular flexibility index (Phi) is 4.84. The van der Waals surface area contributed by atoms with E-state index in [0.717, 1.165) is 28.6 Å². The second-order valence-electron chi connectivity index (χ2n) is 7.05. The Morgan fingerprint density at radius 1 is 1.27 bits per heavy atom. The summed E-state index contributed by atoms with van der Waals surface area (Å²) in [7, 11) is 0. The molecule has 1 unspecified atom stereocenters. The average molecular weight is 298 g/mol. The third kappa shape index (κ3) is 4.30. The van der Waals surface area contributed by atoms with E-state index < -0.39 is 0 Å². The minimum atomic E-state index is 0.0313. The number of pyridine rings is 1. The number of hydrogen-bond donors (Lipinski definition) is 1. The maximum atomic E-state index is 11.7. The SMILES string of the molecule is CCC(=O)C(C)Cc1cnc2cc(NC(C)(C)C)ccc2c1. The lowest BCUT2D eigenvalue weighted by molar-refractivity contribution is -0.122. The first kappa shape index (κ1) is 16.5. The number of nitrogens with zero attached hydrogens (tertiary/aromatic N) is 1. The summed E-state index contributed by atoms with van der Waals surface area (Å²) in [6.07, 6.45) is 3.25. The highest BCUT2D eigenvalue weighted by Gasteiger charge is 2.13. The number of rotatable bonds is 5. The van der Waals surface area contributed by atoms with Crippen LogP contribution in [0.5, 0.6) is 0 Å². The third-order valence-corrected chi connectivity index (χ3v) is 3.70. The normalized spacial score (nSPS) is 13.1. The van der Waals surface area contributed by atoms with E-state index in [1.54, 1.807) is 0 Å². The van der Waals surface area contributed by atoms with Crippen LogP contribution >= 0.6 is 0 Å². The summed E-state index contributed by atoms with van der Waals surface area (Å²) in [5.74, 6) is 0.371. The molecule has 1 atom stereocenters. The van der Waals surface area contributed by atoms with Crippen molar-refractivity contribution in [3.63, 3.8) is 0 Å². The molecule has 0 saturated heterocycles. The summed E-state index contributed by atoms with van der Waals surface area (Å²) in [5, 5.41) is 4.58. The Balaban J connectivity index is 2.21. The molecule has 0 aliphatic rings. The van der Waals surface area contributed by atoms with Crippen LogP contribution in [0, 0.1) is 5.92 Å². The summed E-state index contributed by atoms with van der Waals surface area (Å²) < 4.78 is 0. The van der Waals surface area contributed by atoms with Crippen molar-refractivity contribution in [1.29, 1.82) is 0 Å². The molecule has 0 bridgehead atoms. The quantitative estimate of drug-likeness (QED) is 0.877. The van der Waals surface area contributed by atoms with Gasteiger partial charge in [0.25, 0.3) is 0 Å². The van der Waals surface area contributed by atoms with Gasteiger partial charge in [-0.2, -0.15) is 0 Å². The molecule has 1 aromatic carbocycles. The highest BCUT2D eigenvalue weighted by molar-refractivity contribution is 5.83. The van der Waals surface area contributed by atoms with Crippen molar-refractivity contribution in [2.24, 2.45) is 5.92 Å². The molecule has 118 valence electrons. The molecule has 0 aliphatic heterocycles. The number of Topliss-reactive ketones (excluding diaryl/α,β-unsaturated/α-hetero) is 1. The van der Waals surface area contributed by atoms with Crippen LogP contribution in [0.15, 0.2) is 30.5 Å². The molecular formula is C19H26N2O. The van der Waals surface area contributed by atoms with E-state index in [9.17, 15) is 4.79 Å². The maximum Gasteiger partial charge on any atom is 0.135 e.